The average molecular weight is 290 g/mol. The van der Waals surface area contributed by atoms with Crippen molar-refractivity contribution < 1.29 is 0 Å². The molecule has 1 fully saturated rings. The Morgan fingerprint density at radius 3 is 2.50 bits per heavy atom. The molecule has 1 aromatic rings. The molecule has 2 rings (SSSR count). The summed E-state index contributed by atoms with van der Waals surface area (Å²) in [6, 6.07) is 6.10. The van der Waals surface area contributed by atoms with Crippen molar-refractivity contribution in [3.05, 3.63) is 28.8 Å². The summed E-state index contributed by atoms with van der Waals surface area (Å²) in [6.07, 6.45) is 0. The Kier molecular flexibility index (Phi) is 6.22. The van der Waals surface area contributed by atoms with Crippen molar-refractivity contribution in [2.24, 2.45) is 5.73 Å². The van der Waals surface area contributed by atoms with E-state index in [2.05, 4.69) is 28.9 Å². The van der Waals surface area contributed by atoms with Crippen molar-refractivity contribution in [1.82, 2.24) is 4.90 Å². The van der Waals surface area contributed by atoms with E-state index >= 15 is 0 Å². The molecule has 0 bridgehead atoms. The predicted octanol–water partition coefficient (Wildman–Crippen LogP) is 2.15. The van der Waals surface area contributed by atoms with Gasteiger partial charge in [-0.05, 0) is 24.6 Å². The van der Waals surface area contributed by atoms with Gasteiger partial charge < -0.3 is 10.6 Å². The third-order valence-corrected chi connectivity index (χ3v) is 3.56. The third kappa shape index (κ3) is 3.75. The van der Waals surface area contributed by atoms with Gasteiger partial charge in [0.2, 0.25) is 0 Å². The zero-order valence-corrected chi connectivity index (χ0v) is 12.3. The van der Waals surface area contributed by atoms with Crippen LogP contribution in [0.4, 0.5) is 5.69 Å². The van der Waals surface area contributed by atoms with Crippen molar-refractivity contribution >= 4 is 29.7 Å². The molecule has 0 saturated carbocycles. The molecule has 1 saturated heterocycles. The molecule has 1 aliphatic rings. The summed E-state index contributed by atoms with van der Waals surface area (Å²) in [5.41, 5.74) is 8.14. The minimum Gasteiger partial charge on any atom is -0.369 e. The molecule has 0 amide bonds. The Morgan fingerprint density at radius 2 is 1.89 bits per heavy atom. The van der Waals surface area contributed by atoms with Gasteiger partial charge in [-0.1, -0.05) is 17.7 Å². The van der Waals surface area contributed by atoms with E-state index in [-0.39, 0.29) is 12.4 Å². The molecule has 102 valence electrons. The lowest BCUT2D eigenvalue weighted by Crippen LogP contribution is -2.48. The second-order valence-corrected chi connectivity index (χ2v) is 4.98. The zero-order chi connectivity index (χ0) is 12.3. The van der Waals surface area contributed by atoms with Crippen LogP contribution in [0.2, 0.25) is 5.02 Å². The van der Waals surface area contributed by atoms with E-state index < -0.39 is 0 Å². The summed E-state index contributed by atoms with van der Waals surface area (Å²) in [5, 5.41) is 0.815. The summed E-state index contributed by atoms with van der Waals surface area (Å²) in [6.45, 7) is 8.17. The third-order valence-electron chi connectivity index (χ3n) is 3.33. The Hall–Kier alpha value is -0.480. The molecule has 5 heteroatoms. The van der Waals surface area contributed by atoms with Gasteiger partial charge in [-0.2, -0.15) is 0 Å². The van der Waals surface area contributed by atoms with Gasteiger partial charge >= 0.3 is 0 Å². The molecule has 1 aromatic carbocycles. The number of benzene rings is 1. The van der Waals surface area contributed by atoms with Crippen molar-refractivity contribution in [3.63, 3.8) is 0 Å². The van der Waals surface area contributed by atoms with Crippen LogP contribution in [-0.4, -0.2) is 44.2 Å². The highest BCUT2D eigenvalue weighted by atomic mass is 35.5. The Labute approximate surface area is 120 Å². The first kappa shape index (κ1) is 15.6. The van der Waals surface area contributed by atoms with E-state index in [9.17, 15) is 0 Å². The smallest absolute Gasteiger partial charge is 0.0426 e. The molecule has 18 heavy (non-hydrogen) atoms. The monoisotopic (exact) mass is 289 g/mol. The fourth-order valence-electron chi connectivity index (χ4n) is 2.32. The highest BCUT2D eigenvalue weighted by Crippen LogP contribution is 2.25. The van der Waals surface area contributed by atoms with Crippen molar-refractivity contribution in [1.29, 1.82) is 0 Å². The van der Waals surface area contributed by atoms with Crippen LogP contribution in [0.3, 0.4) is 0 Å². The van der Waals surface area contributed by atoms with Crippen LogP contribution in [0.25, 0.3) is 0 Å². The number of aryl methyl sites for hydroxylation is 1. The van der Waals surface area contributed by atoms with E-state index in [4.69, 9.17) is 17.3 Å². The quantitative estimate of drug-likeness (QED) is 0.926. The maximum Gasteiger partial charge on any atom is 0.0426 e. The summed E-state index contributed by atoms with van der Waals surface area (Å²) in [7, 11) is 0. The minimum absolute atomic E-state index is 0. The number of hydrogen-bond acceptors (Lipinski definition) is 3. The van der Waals surface area contributed by atoms with Crippen molar-refractivity contribution in [2.45, 2.75) is 6.92 Å². The number of piperazine rings is 1. The minimum atomic E-state index is 0. The van der Waals surface area contributed by atoms with Crippen LogP contribution in [-0.2, 0) is 0 Å². The van der Waals surface area contributed by atoms with E-state index in [0.29, 0.717) is 0 Å². The van der Waals surface area contributed by atoms with Crippen LogP contribution in [0.15, 0.2) is 18.2 Å². The second-order valence-electron chi connectivity index (χ2n) is 4.55. The Balaban J connectivity index is 0.00000162. The van der Waals surface area contributed by atoms with Gasteiger partial charge in [-0.3, -0.25) is 4.90 Å². The lowest BCUT2D eigenvalue weighted by atomic mass is 10.1. The standard InChI is InChI=1S/C13H20ClN3.ClH/c1-11-2-3-12(14)10-13(11)17-8-6-16(5-4-15)7-9-17;/h2-3,10H,4-9,15H2,1H3;1H. The number of nitrogens with zero attached hydrogens (tertiary/aromatic N) is 2. The largest absolute Gasteiger partial charge is 0.369 e. The molecule has 2 N–H and O–H groups in total. The van der Waals surface area contributed by atoms with Crippen molar-refractivity contribution in [3.8, 4) is 0 Å². The van der Waals surface area contributed by atoms with Crippen LogP contribution in [0.5, 0.6) is 0 Å². The van der Waals surface area contributed by atoms with Crippen molar-refractivity contribution in [2.75, 3.05) is 44.2 Å². The van der Waals surface area contributed by atoms with E-state index in [1.54, 1.807) is 0 Å². The molecular weight excluding hydrogens is 269 g/mol. The first-order chi connectivity index (χ1) is 8.20. The normalized spacial score (nSPS) is 16.5. The molecule has 1 aliphatic heterocycles. The van der Waals surface area contributed by atoms with Crippen LogP contribution >= 0.6 is 24.0 Å². The van der Waals surface area contributed by atoms with Gasteiger partial charge in [-0.15, -0.1) is 12.4 Å². The average Bonchev–Trinajstić information content (AvgIpc) is 2.34. The lowest BCUT2D eigenvalue weighted by Gasteiger charge is -2.36. The van der Waals surface area contributed by atoms with Gasteiger partial charge in [-0.25, -0.2) is 0 Å². The zero-order valence-electron chi connectivity index (χ0n) is 10.7. The number of rotatable bonds is 3. The number of anilines is 1. The van der Waals surface area contributed by atoms with Gasteiger partial charge in [0, 0.05) is 50.0 Å². The molecule has 3 nitrogen and oxygen atoms in total. The van der Waals surface area contributed by atoms with Crippen LogP contribution < -0.4 is 10.6 Å². The summed E-state index contributed by atoms with van der Waals surface area (Å²) in [5.74, 6) is 0. The summed E-state index contributed by atoms with van der Waals surface area (Å²) < 4.78 is 0. The van der Waals surface area contributed by atoms with E-state index in [1.807, 2.05) is 6.07 Å². The van der Waals surface area contributed by atoms with Gasteiger partial charge in [0.05, 0.1) is 0 Å². The lowest BCUT2D eigenvalue weighted by molar-refractivity contribution is 0.265. The summed E-state index contributed by atoms with van der Waals surface area (Å²) >= 11 is 6.06. The molecule has 0 aromatic heterocycles. The second kappa shape index (κ2) is 7.19. The molecular formula is C13H21Cl2N3. The maximum atomic E-state index is 6.06. The van der Waals surface area contributed by atoms with E-state index in [0.717, 1.165) is 44.3 Å². The predicted molar refractivity (Wildman–Crippen MR) is 81.1 cm³/mol. The fourth-order valence-corrected chi connectivity index (χ4v) is 2.48. The van der Waals surface area contributed by atoms with Crippen LogP contribution in [0, 0.1) is 6.92 Å². The Bertz CT molecular complexity index is 376. The SMILES string of the molecule is Cc1ccc(Cl)cc1N1CCN(CCN)CC1.Cl. The maximum absolute atomic E-state index is 6.06. The molecule has 1 heterocycles. The van der Waals surface area contributed by atoms with Gasteiger partial charge in [0.1, 0.15) is 0 Å². The molecule has 0 radical (unpaired) electrons. The van der Waals surface area contributed by atoms with E-state index in [1.165, 1.54) is 11.3 Å². The fraction of sp³-hybridized carbons (Fsp3) is 0.538. The Morgan fingerprint density at radius 1 is 1.22 bits per heavy atom. The summed E-state index contributed by atoms with van der Waals surface area (Å²) in [4.78, 5) is 4.82. The number of hydrogen-bond donors (Lipinski definition) is 1. The highest BCUT2D eigenvalue weighted by Gasteiger charge is 2.17. The molecule has 0 atom stereocenters. The molecule has 0 unspecified atom stereocenters. The first-order valence-corrected chi connectivity index (χ1v) is 6.52. The van der Waals surface area contributed by atoms with Gasteiger partial charge in [0.15, 0.2) is 0 Å². The molecule has 0 spiro atoms. The van der Waals surface area contributed by atoms with Gasteiger partial charge in [0.25, 0.3) is 0 Å². The first-order valence-electron chi connectivity index (χ1n) is 6.14. The van der Waals surface area contributed by atoms with Crippen LogP contribution in [0.1, 0.15) is 5.56 Å². The molecule has 0 aliphatic carbocycles. The highest BCUT2D eigenvalue weighted by molar-refractivity contribution is 6.30. The topological polar surface area (TPSA) is 32.5 Å². The number of nitrogens with two attached hydrogens (primary N) is 1. The number of halogens is 2.